The summed E-state index contributed by atoms with van der Waals surface area (Å²) in [5.41, 5.74) is 7.73. The first-order chi connectivity index (χ1) is 7.47. The highest BCUT2D eigenvalue weighted by atomic mass is 79.9. The third-order valence-electron chi connectivity index (χ3n) is 3.97. The lowest BCUT2D eigenvalue weighted by atomic mass is 9.88. The van der Waals surface area contributed by atoms with Crippen molar-refractivity contribution in [2.75, 3.05) is 13.7 Å². The van der Waals surface area contributed by atoms with Crippen molar-refractivity contribution < 1.29 is 4.74 Å². The molecule has 0 spiro atoms. The van der Waals surface area contributed by atoms with Gasteiger partial charge in [0.1, 0.15) is 5.75 Å². The number of methoxy groups -OCH3 is 1. The van der Waals surface area contributed by atoms with Gasteiger partial charge in [0, 0.05) is 12.0 Å². The summed E-state index contributed by atoms with van der Waals surface area (Å²) < 4.78 is 6.24. The maximum atomic E-state index is 5.95. The van der Waals surface area contributed by atoms with Gasteiger partial charge in [-0.2, -0.15) is 0 Å². The van der Waals surface area contributed by atoms with Crippen LogP contribution in [-0.2, 0) is 5.41 Å². The molecule has 0 saturated heterocycles. The van der Waals surface area contributed by atoms with Crippen molar-refractivity contribution in [3.8, 4) is 5.75 Å². The summed E-state index contributed by atoms with van der Waals surface area (Å²) in [6, 6.07) is 6.27. The molecule has 1 saturated carbocycles. The molecule has 2 rings (SSSR count). The van der Waals surface area contributed by atoms with Crippen LogP contribution in [0.2, 0.25) is 0 Å². The van der Waals surface area contributed by atoms with Crippen LogP contribution in [-0.4, -0.2) is 13.7 Å². The molecule has 1 fully saturated rings. The van der Waals surface area contributed by atoms with E-state index in [9.17, 15) is 0 Å². The van der Waals surface area contributed by atoms with Crippen molar-refractivity contribution >= 4 is 15.9 Å². The molecule has 16 heavy (non-hydrogen) atoms. The van der Waals surface area contributed by atoms with Crippen LogP contribution in [0, 0.1) is 5.41 Å². The second kappa shape index (κ2) is 3.74. The molecule has 3 heteroatoms. The number of rotatable bonds is 3. The van der Waals surface area contributed by atoms with Crippen LogP contribution in [0.25, 0.3) is 0 Å². The molecule has 1 aliphatic rings. The fourth-order valence-corrected chi connectivity index (χ4v) is 3.17. The zero-order valence-electron chi connectivity index (χ0n) is 10.0. The van der Waals surface area contributed by atoms with Gasteiger partial charge >= 0.3 is 0 Å². The van der Waals surface area contributed by atoms with E-state index in [1.54, 1.807) is 7.11 Å². The van der Waals surface area contributed by atoms with Crippen LogP contribution in [0.5, 0.6) is 5.75 Å². The molecule has 2 N–H and O–H groups in total. The lowest BCUT2D eigenvalue weighted by Gasteiger charge is -2.20. The Morgan fingerprint density at radius 3 is 2.44 bits per heavy atom. The van der Waals surface area contributed by atoms with Crippen LogP contribution in [0.4, 0.5) is 0 Å². The molecule has 1 aliphatic carbocycles. The fraction of sp³-hybridized carbons (Fsp3) is 0.538. The summed E-state index contributed by atoms with van der Waals surface area (Å²) in [5.74, 6) is 0.870. The summed E-state index contributed by atoms with van der Waals surface area (Å²) in [4.78, 5) is 0. The van der Waals surface area contributed by atoms with Crippen LogP contribution in [0.1, 0.15) is 25.8 Å². The Morgan fingerprint density at radius 1 is 1.44 bits per heavy atom. The quantitative estimate of drug-likeness (QED) is 0.925. The average molecular weight is 284 g/mol. The maximum absolute atomic E-state index is 5.95. The van der Waals surface area contributed by atoms with Crippen LogP contribution < -0.4 is 10.5 Å². The van der Waals surface area contributed by atoms with Crippen molar-refractivity contribution in [3.05, 3.63) is 28.2 Å². The molecule has 1 aromatic rings. The summed E-state index contributed by atoms with van der Waals surface area (Å²) in [5, 5.41) is 0. The Balaban J connectivity index is 2.39. The molecular weight excluding hydrogens is 266 g/mol. The minimum Gasteiger partial charge on any atom is -0.496 e. The topological polar surface area (TPSA) is 35.2 Å². The zero-order valence-corrected chi connectivity index (χ0v) is 11.6. The van der Waals surface area contributed by atoms with Gasteiger partial charge < -0.3 is 10.5 Å². The normalized spacial score (nSPS) is 26.6. The van der Waals surface area contributed by atoms with E-state index in [2.05, 4.69) is 41.9 Å². The smallest absolute Gasteiger partial charge is 0.133 e. The van der Waals surface area contributed by atoms with Crippen molar-refractivity contribution in [1.82, 2.24) is 0 Å². The Kier molecular flexibility index (Phi) is 2.79. The lowest BCUT2D eigenvalue weighted by Crippen LogP contribution is -2.25. The minimum atomic E-state index is 0.155. The van der Waals surface area contributed by atoms with Crippen LogP contribution in [0.3, 0.4) is 0 Å². The van der Waals surface area contributed by atoms with Crippen molar-refractivity contribution in [1.29, 1.82) is 0 Å². The highest BCUT2D eigenvalue weighted by Gasteiger charge is 2.60. The number of halogens is 1. The molecule has 0 aromatic heterocycles. The van der Waals surface area contributed by atoms with E-state index >= 15 is 0 Å². The third kappa shape index (κ3) is 1.57. The molecule has 1 unspecified atom stereocenters. The summed E-state index contributed by atoms with van der Waals surface area (Å²) in [6.07, 6.45) is 1.16. The van der Waals surface area contributed by atoms with E-state index in [1.165, 1.54) is 5.56 Å². The van der Waals surface area contributed by atoms with Gasteiger partial charge in [0.15, 0.2) is 0 Å². The summed E-state index contributed by atoms with van der Waals surface area (Å²) in [6.45, 7) is 5.26. The first-order valence-corrected chi connectivity index (χ1v) is 6.30. The molecule has 0 aliphatic heterocycles. The first kappa shape index (κ1) is 11.9. The second-order valence-electron chi connectivity index (χ2n) is 5.20. The number of nitrogens with two attached hydrogens (primary N) is 1. The predicted molar refractivity (Wildman–Crippen MR) is 69.8 cm³/mol. The number of benzene rings is 1. The number of hydrogen-bond acceptors (Lipinski definition) is 2. The van der Waals surface area contributed by atoms with Gasteiger partial charge in [-0.15, -0.1) is 0 Å². The highest BCUT2D eigenvalue weighted by Crippen LogP contribution is 2.63. The van der Waals surface area contributed by atoms with Gasteiger partial charge in [-0.05, 0) is 45.5 Å². The van der Waals surface area contributed by atoms with E-state index in [1.807, 2.05) is 6.07 Å². The first-order valence-electron chi connectivity index (χ1n) is 5.51. The lowest BCUT2D eigenvalue weighted by molar-refractivity contribution is 0.411. The monoisotopic (exact) mass is 283 g/mol. The van der Waals surface area contributed by atoms with Gasteiger partial charge in [-0.3, -0.25) is 0 Å². The largest absolute Gasteiger partial charge is 0.496 e. The van der Waals surface area contributed by atoms with E-state index in [-0.39, 0.29) is 5.41 Å². The minimum absolute atomic E-state index is 0.155. The molecule has 2 nitrogen and oxygen atoms in total. The Bertz CT molecular complexity index is 416. The van der Waals surface area contributed by atoms with Crippen molar-refractivity contribution in [3.63, 3.8) is 0 Å². The molecule has 88 valence electrons. The van der Waals surface area contributed by atoms with Gasteiger partial charge in [-0.1, -0.05) is 19.9 Å². The second-order valence-corrected chi connectivity index (χ2v) is 6.05. The molecular formula is C13H18BrNO. The van der Waals surface area contributed by atoms with Gasteiger partial charge in [0.2, 0.25) is 0 Å². The maximum Gasteiger partial charge on any atom is 0.133 e. The molecule has 0 heterocycles. The Morgan fingerprint density at radius 2 is 2.06 bits per heavy atom. The summed E-state index contributed by atoms with van der Waals surface area (Å²) >= 11 is 3.53. The molecule has 0 amide bonds. The van der Waals surface area contributed by atoms with Crippen LogP contribution in [0.15, 0.2) is 22.7 Å². The van der Waals surface area contributed by atoms with Crippen LogP contribution >= 0.6 is 15.9 Å². The van der Waals surface area contributed by atoms with Crippen molar-refractivity contribution in [2.24, 2.45) is 11.1 Å². The fourth-order valence-electron chi connectivity index (χ4n) is 2.63. The van der Waals surface area contributed by atoms with E-state index in [0.29, 0.717) is 12.0 Å². The average Bonchev–Trinajstić information content (AvgIpc) is 2.82. The van der Waals surface area contributed by atoms with Gasteiger partial charge in [0.05, 0.1) is 11.6 Å². The Hall–Kier alpha value is -0.540. The van der Waals surface area contributed by atoms with E-state index < -0.39 is 0 Å². The third-order valence-corrected chi connectivity index (χ3v) is 4.59. The zero-order chi connectivity index (χ0) is 12.0. The standard InChI is InChI=1S/C13H18BrNO/c1-12(2)7-13(12,8-15)9-4-5-11(16-3)10(14)6-9/h4-6H,7-8,15H2,1-3H3. The molecule has 0 bridgehead atoms. The van der Waals surface area contributed by atoms with Crippen molar-refractivity contribution in [2.45, 2.75) is 25.7 Å². The van der Waals surface area contributed by atoms with E-state index in [4.69, 9.17) is 10.5 Å². The highest BCUT2D eigenvalue weighted by molar-refractivity contribution is 9.10. The molecule has 1 aromatic carbocycles. The number of ether oxygens (including phenoxy) is 1. The Labute approximate surface area is 105 Å². The SMILES string of the molecule is COc1ccc(C2(CN)CC2(C)C)cc1Br. The molecule has 1 atom stereocenters. The molecule has 0 radical (unpaired) electrons. The summed E-state index contributed by atoms with van der Waals surface area (Å²) in [7, 11) is 1.68. The predicted octanol–water partition coefficient (Wildman–Crippen LogP) is 3.08. The van der Waals surface area contributed by atoms with Gasteiger partial charge in [0.25, 0.3) is 0 Å². The van der Waals surface area contributed by atoms with Gasteiger partial charge in [-0.25, -0.2) is 0 Å². The van der Waals surface area contributed by atoms with E-state index in [0.717, 1.165) is 16.6 Å². The number of hydrogen-bond donors (Lipinski definition) is 1.